The number of fused-ring (bicyclic) bond motifs is 1. The van der Waals surface area contributed by atoms with Gasteiger partial charge in [-0.15, -0.1) is 0 Å². The number of imidazole rings is 1. The lowest BCUT2D eigenvalue weighted by Gasteiger charge is -2.11. The van der Waals surface area contributed by atoms with E-state index in [1.54, 1.807) is 17.6 Å². The molecule has 6 nitrogen and oxygen atoms in total. The molecule has 0 bridgehead atoms. The third kappa shape index (κ3) is 3.68. The van der Waals surface area contributed by atoms with Crippen molar-refractivity contribution in [2.75, 3.05) is 11.1 Å². The van der Waals surface area contributed by atoms with Crippen molar-refractivity contribution in [2.45, 2.75) is 13.1 Å². The van der Waals surface area contributed by atoms with E-state index in [9.17, 15) is 17.6 Å². The van der Waals surface area contributed by atoms with Crippen LogP contribution in [0.3, 0.4) is 0 Å². The number of aryl methyl sites for hydroxylation is 1. The Bertz CT molecular complexity index is 1200. The molecule has 0 atom stereocenters. The average Bonchev–Trinajstić information content (AvgIpc) is 2.95. The molecule has 29 heavy (non-hydrogen) atoms. The number of hydrogen-bond acceptors (Lipinski definition) is 5. The molecule has 0 aliphatic carbocycles. The Morgan fingerprint density at radius 3 is 2.38 bits per heavy atom. The zero-order chi connectivity index (χ0) is 20.8. The summed E-state index contributed by atoms with van der Waals surface area (Å²) in [6.07, 6.45) is -4.42. The smallest absolute Gasteiger partial charge is 0.383 e. The number of hydrogen-bond donors (Lipinski definition) is 2. The second-order valence-electron chi connectivity index (χ2n) is 6.30. The van der Waals surface area contributed by atoms with E-state index in [4.69, 9.17) is 5.73 Å². The van der Waals surface area contributed by atoms with Crippen LogP contribution in [0.1, 0.15) is 11.4 Å². The quantitative estimate of drug-likeness (QED) is 0.489. The van der Waals surface area contributed by atoms with Crippen LogP contribution in [0, 0.1) is 12.7 Å². The molecule has 0 radical (unpaired) electrons. The van der Waals surface area contributed by atoms with Gasteiger partial charge in [-0.3, -0.25) is 4.57 Å². The first-order valence-electron chi connectivity index (χ1n) is 8.44. The van der Waals surface area contributed by atoms with E-state index >= 15 is 0 Å². The van der Waals surface area contributed by atoms with Gasteiger partial charge in [0.15, 0.2) is 0 Å². The summed E-state index contributed by atoms with van der Waals surface area (Å²) in [5.41, 5.74) is 6.57. The monoisotopic (exact) mass is 402 g/mol. The van der Waals surface area contributed by atoms with Gasteiger partial charge in [0, 0.05) is 17.8 Å². The number of anilines is 3. The van der Waals surface area contributed by atoms with Crippen molar-refractivity contribution < 1.29 is 17.6 Å². The van der Waals surface area contributed by atoms with Gasteiger partial charge >= 0.3 is 6.18 Å². The SMILES string of the molecule is Cc1nc2cc(F)ccc2n1-c1cc(N)nc(Nc2ccc(C(F)(F)F)cc2)n1. The number of alkyl halides is 3. The fraction of sp³-hybridized carbons (Fsp3) is 0.105. The standard InChI is InChI=1S/C19H14F4N6/c1-10-25-14-8-12(20)4-7-15(14)29(10)17-9-16(24)27-18(28-17)26-13-5-2-11(3-6-13)19(21,22)23/h2-9H,1H3,(H3,24,26,27,28). The summed E-state index contributed by atoms with van der Waals surface area (Å²) in [7, 11) is 0. The van der Waals surface area contributed by atoms with E-state index in [1.165, 1.54) is 30.3 Å². The van der Waals surface area contributed by atoms with Crippen LogP contribution in [-0.2, 0) is 6.18 Å². The number of nitrogen functional groups attached to an aromatic ring is 1. The van der Waals surface area contributed by atoms with Crippen molar-refractivity contribution in [1.82, 2.24) is 19.5 Å². The molecule has 0 aliphatic rings. The van der Waals surface area contributed by atoms with Gasteiger partial charge < -0.3 is 11.1 Å². The predicted octanol–water partition coefficient (Wildman–Crippen LogP) is 4.61. The number of aromatic nitrogens is 4. The summed E-state index contributed by atoms with van der Waals surface area (Å²) in [5, 5.41) is 2.84. The lowest BCUT2D eigenvalue weighted by atomic mass is 10.2. The van der Waals surface area contributed by atoms with Gasteiger partial charge in [-0.25, -0.2) is 9.37 Å². The first-order chi connectivity index (χ1) is 13.7. The first kappa shape index (κ1) is 18.7. The molecule has 0 saturated heterocycles. The summed E-state index contributed by atoms with van der Waals surface area (Å²) < 4.78 is 53.3. The topological polar surface area (TPSA) is 81.7 Å². The molecule has 3 N–H and O–H groups in total. The molecule has 4 rings (SSSR count). The van der Waals surface area contributed by atoms with E-state index in [1.807, 2.05) is 0 Å². The summed E-state index contributed by atoms with van der Waals surface area (Å²) in [5.74, 6) is 0.785. The maximum atomic E-state index is 13.5. The third-order valence-corrected chi connectivity index (χ3v) is 4.21. The van der Waals surface area contributed by atoms with E-state index in [0.29, 0.717) is 28.4 Å². The minimum absolute atomic E-state index is 0.100. The van der Waals surface area contributed by atoms with Crippen LogP contribution in [0.5, 0.6) is 0 Å². The van der Waals surface area contributed by atoms with E-state index in [2.05, 4.69) is 20.3 Å². The van der Waals surface area contributed by atoms with Crippen LogP contribution < -0.4 is 11.1 Å². The second-order valence-corrected chi connectivity index (χ2v) is 6.30. The largest absolute Gasteiger partial charge is 0.416 e. The second kappa shape index (κ2) is 6.73. The first-order valence-corrected chi connectivity index (χ1v) is 8.44. The van der Waals surface area contributed by atoms with Gasteiger partial charge in [0.2, 0.25) is 5.95 Å². The van der Waals surface area contributed by atoms with Crippen LogP contribution in [-0.4, -0.2) is 19.5 Å². The maximum absolute atomic E-state index is 13.5. The van der Waals surface area contributed by atoms with Crippen molar-refractivity contribution in [2.24, 2.45) is 0 Å². The van der Waals surface area contributed by atoms with E-state index < -0.39 is 17.6 Å². The molecule has 0 fully saturated rings. The minimum Gasteiger partial charge on any atom is -0.383 e. The zero-order valence-corrected chi connectivity index (χ0v) is 15.0. The van der Waals surface area contributed by atoms with Crippen molar-refractivity contribution in [3.8, 4) is 5.82 Å². The highest BCUT2D eigenvalue weighted by atomic mass is 19.4. The van der Waals surface area contributed by atoms with Gasteiger partial charge in [0.25, 0.3) is 0 Å². The highest BCUT2D eigenvalue weighted by Gasteiger charge is 2.30. The van der Waals surface area contributed by atoms with Gasteiger partial charge in [-0.2, -0.15) is 23.1 Å². The Balaban J connectivity index is 1.71. The molecule has 148 valence electrons. The van der Waals surface area contributed by atoms with Crippen LogP contribution in [0.4, 0.5) is 35.0 Å². The highest BCUT2D eigenvalue weighted by Crippen LogP contribution is 2.30. The molecule has 2 heterocycles. The summed E-state index contributed by atoms with van der Waals surface area (Å²) in [6, 6.07) is 10.2. The lowest BCUT2D eigenvalue weighted by molar-refractivity contribution is -0.137. The number of nitrogens with zero attached hydrogens (tertiary/aromatic N) is 4. The molecule has 2 aromatic heterocycles. The number of rotatable bonds is 3. The fourth-order valence-electron chi connectivity index (χ4n) is 2.96. The van der Waals surface area contributed by atoms with Crippen LogP contribution in [0.2, 0.25) is 0 Å². The van der Waals surface area contributed by atoms with Crippen molar-refractivity contribution >= 4 is 28.5 Å². The molecular formula is C19H14F4N6. The Labute approximate surface area is 162 Å². The molecule has 0 amide bonds. The normalized spacial score (nSPS) is 11.8. The number of nitrogens with one attached hydrogen (secondary N) is 1. The Hall–Kier alpha value is -3.69. The minimum atomic E-state index is -4.42. The fourth-order valence-corrected chi connectivity index (χ4v) is 2.96. The van der Waals surface area contributed by atoms with Crippen LogP contribution in [0.25, 0.3) is 16.9 Å². The van der Waals surface area contributed by atoms with E-state index in [-0.39, 0.29) is 11.8 Å². The highest BCUT2D eigenvalue weighted by molar-refractivity contribution is 5.78. The van der Waals surface area contributed by atoms with Gasteiger partial charge in [0.05, 0.1) is 16.6 Å². The molecule has 10 heteroatoms. The van der Waals surface area contributed by atoms with E-state index in [0.717, 1.165) is 12.1 Å². The van der Waals surface area contributed by atoms with Crippen LogP contribution in [0.15, 0.2) is 48.5 Å². The molecule has 0 unspecified atom stereocenters. The van der Waals surface area contributed by atoms with Crippen molar-refractivity contribution in [1.29, 1.82) is 0 Å². The van der Waals surface area contributed by atoms with Gasteiger partial charge in [-0.05, 0) is 43.3 Å². The number of benzene rings is 2. The molecule has 0 aliphatic heterocycles. The molecule has 4 aromatic rings. The molecule has 2 aromatic carbocycles. The van der Waals surface area contributed by atoms with Gasteiger partial charge in [0.1, 0.15) is 23.3 Å². The summed E-state index contributed by atoms with van der Waals surface area (Å²) in [6.45, 7) is 1.74. The average molecular weight is 402 g/mol. The van der Waals surface area contributed by atoms with Crippen LogP contribution >= 0.6 is 0 Å². The van der Waals surface area contributed by atoms with Crippen molar-refractivity contribution in [3.05, 3.63) is 65.7 Å². The zero-order valence-electron chi connectivity index (χ0n) is 15.0. The Morgan fingerprint density at radius 1 is 0.966 bits per heavy atom. The van der Waals surface area contributed by atoms with Gasteiger partial charge in [-0.1, -0.05) is 0 Å². The molecule has 0 saturated carbocycles. The Morgan fingerprint density at radius 2 is 1.69 bits per heavy atom. The summed E-state index contributed by atoms with van der Waals surface area (Å²) >= 11 is 0. The number of halogens is 4. The Kier molecular flexibility index (Phi) is 4.33. The maximum Gasteiger partial charge on any atom is 0.416 e. The lowest BCUT2D eigenvalue weighted by Crippen LogP contribution is -2.07. The molecule has 0 spiro atoms. The van der Waals surface area contributed by atoms with Crippen molar-refractivity contribution in [3.63, 3.8) is 0 Å². The molecular weight excluding hydrogens is 388 g/mol. The third-order valence-electron chi connectivity index (χ3n) is 4.21. The number of nitrogens with two attached hydrogens (primary N) is 1. The summed E-state index contributed by atoms with van der Waals surface area (Å²) in [4.78, 5) is 12.8. The predicted molar refractivity (Wildman–Crippen MR) is 100 cm³/mol.